The number of carbonyl (C=O) groups excluding carboxylic acids is 2. The van der Waals surface area contributed by atoms with Gasteiger partial charge in [0, 0.05) is 14.1 Å². The Balaban J connectivity index is 2.62. The number of urea groups is 1. The number of rotatable bonds is 9. The highest BCUT2D eigenvalue weighted by molar-refractivity contribution is 7.11. The number of amides is 3. The molecule has 0 radical (unpaired) electrons. The molecule has 0 unspecified atom stereocenters. The van der Waals surface area contributed by atoms with Gasteiger partial charge in [0.25, 0.3) is 5.91 Å². The lowest BCUT2D eigenvalue weighted by atomic mass is 10.2. The van der Waals surface area contributed by atoms with E-state index < -0.39 is 5.91 Å². The SMILES string of the molecule is CCCCCCCOc1nsc(NC(=O)N(C)C)c1C(N)=O. The summed E-state index contributed by atoms with van der Waals surface area (Å²) < 4.78 is 9.60. The molecule has 3 amide bonds. The highest BCUT2D eigenvalue weighted by Crippen LogP contribution is 2.30. The number of hydrogen-bond donors (Lipinski definition) is 2. The average molecular weight is 328 g/mol. The van der Waals surface area contributed by atoms with E-state index in [0.29, 0.717) is 11.6 Å². The van der Waals surface area contributed by atoms with E-state index in [9.17, 15) is 9.59 Å². The van der Waals surface area contributed by atoms with Gasteiger partial charge in [-0.2, -0.15) is 4.37 Å². The van der Waals surface area contributed by atoms with Crippen molar-refractivity contribution in [2.24, 2.45) is 5.73 Å². The number of aromatic nitrogens is 1. The second-order valence-corrected chi connectivity index (χ2v) is 5.92. The van der Waals surface area contributed by atoms with Crippen LogP contribution >= 0.6 is 11.5 Å². The smallest absolute Gasteiger partial charge is 0.321 e. The molecular formula is C14H24N4O3S. The zero-order valence-corrected chi connectivity index (χ0v) is 14.2. The molecule has 0 spiro atoms. The molecule has 1 aromatic heterocycles. The van der Waals surface area contributed by atoms with Crippen LogP contribution in [0, 0.1) is 0 Å². The number of primary amides is 1. The third kappa shape index (κ3) is 5.51. The van der Waals surface area contributed by atoms with E-state index in [-0.39, 0.29) is 17.5 Å². The van der Waals surface area contributed by atoms with Crippen LogP contribution in [0.2, 0.25) is 0 Å². The van der Waals surface area contributed by atoms with Crippen molar-refractivity contribution in [3.05, 3.63) is 5.56 Å². The molecule has 0 fully saturated rings. The quantitative estimate of drug-likeness (QED) is 0.681. The molecule has 0 aliphatic rings. The van der Waals surface area contributed by atoms with Crippen LogP contribution < -0.4 is 15.8 Å². The molecule has 0 saturated heterocycles. The lowest BCUT2D eigenvalue weighted by Crippen LogP contribution is -2.28. The first-order valence-corrected chi connectivity index (χ1v) is 8.15. The van der Waals surface area contributed by atoms with E-state index in [4.69, 9.17) is 10.5 Å². The van der Waals surface area contributed by atoms with Gasteiger partial charge in [0.05, 0.1) is 6.61 Å². The summed E-state index contributed by atoms with van der Waals surface area (Å²) >= 11 is 0.988. The average Bonchev–Trinajstić information content (AvgIpc) is 2.85. The largest absolute Gasteiger partial charge is 0.476 e. The molecule has 3 N–H and O–H groups in total. The monoisotopic (exact) mass is 328 g/mol. The van der Waals surface area contributed by atoms with E-state index in [1.54, 1.807) is 14.1 Å². The van der Waals surface area contributed by atoms with Crippen LogP contribution in [0.4, 0.5) is 9.80 Å². The lowest BCUT2D eigenvalue weighted by Gasteiger charge is -2.11. The number of ether oxygens (including phenoxy) is 1. The number of nitrogens with two attached hydrogens (primary N) is 1. The summed E-state index contributed by atoms with van der Waals surface area (Å²) in [6.45, 7) is 2.64. The molecule has 1 rings (SSSR count). The minimum atomic E-state index is -0.663. The summed E-state index contributed by atoms with van der Waals surface area (Å²) in [6, 6.07) is -0.350. The van der Waals surface area contributed by atoms with E-state index in [2.05, 4.69) is 16.6 Å². The Morgan fingerprint density at radius 2 is 1.95 bits per heavy atom. The van der Waals surface area contributed by atoms with Crippen LogP contribution in [0.5, 0.6) is 5.88 Å². The van der Waals surface area contributed by atoms with Crippen LogP contribution in [-0.4, -0.2) is 41.9 Å². The zero-order valence-electron chi connectivity index (χ0n) is 13.3. The van der Waals surface area contributed by atoms with Crippen molar-refractivity contribution < 1.29 is 14.3 Å². The molecule has 1 aromatic rings. The molecule has 1 heterocycles. The molecule has 7 nitrogen and oxygen atoms in total. The van der Waals surface area contributed by atoms with Crippen molar-refractivity contribution in [3.63, 3.8) is 0 Å². The summed E-state index contributed by atoms with van der Waals surface area (Å²) in [4.78, 5) is 24.6. The Bertz CT molecular complexity index is 502. The molecule has 0 aromatic carbocycles. The van der Waals surface area contributed by atoms with Crippen molar-refractivity contribution >= 4 is 28.5 Å². The Labute approximate surface area is 135 Å². The lowest BCUT2D eigenvalue weighted by molar-refractivity contribution is 0.0997. The molecule has 124 valence electrons. The molecule has 0 aliphatic carbocycles. The first-order valence-electron chi connectivity index (χ1n) is 7.38. The maximum Gasteiger partial charge on any atom is 0.321 e. The van der Waals surface area contributed by atoms with Gasteiger partial charge >= 0.3 is 6.03 Å². The molecule has 0 aliphatic heterocycles. The van der Waals surface area contributed by atoms with Crippen LogP contribution in [-0.2, 0) is 0 Å². The van der Waals surface area contributed by atoms with Crippen molar-refractivity contribution in [2.45, 2.75) is 39.0 Å². The second-order valence-electron chi connectivity index (χ2n) is 5.14. The van der Waals surface area contributed by atoms with Gasteiger partial charge in [0.1, 0.15) is 10.6 Å². The Kier molecular flexibility index (Phi) is 7.65. The predicted molar refractivity (Wildman–Crippen MR) is 87.6 cm³/mol. The van der Waals surface area contributed by atoms with Gasteiger partial charge in [-0.15, -0.1) is 0 Å². The molecule has 22 heavy (non-hydrogen) atoms. The highest BCUT2D eigenvalue weighted by atomic mass is 32.1. The fourth-order valence-electron chi connectivity index (χ4n) is 1.76. The molecule has 0 saturated carbocycles. The number of nitrogens with zero attached hydrogens (tertiary/aromatic N) is 2. The van der Waals surface area contributed by atoms with Crippen molar-refractivity contribution in [3.8, 4) is 5.88 Å². The van der Waals surface area contributed by atoms with E-state index in [0.717, 1.165) is 24.4 Å². The zero-order chi connectivity index (χ0) is 16.5. The molecule has 0 atom stereocenters. The van der Waals surface area contributed by atoms with Gasteiger partial charge in [-0.1, -0.05) is 32.6 Å². The Morgan fingerprint density at radius 1 is 1.27 bits per heavy atom. The molecule has 8 heteroatoms. The first kappa shape index (κ1) is 18.2. The van der Waals surface area contributed by atoms with Crippen molar-refractivity contribution in [1.82, 2.24) is 9.27 Å². The van der Waals surface area contributed by atoms with E-state index in [1.165, 1.54) is 24.2 Å². The van der Waals surface area contributed by atoms with E-state index >= 15 is 0 Å². The minimum absolute atomic E-state index is 0.133. The summed E-state index contributed by atoms with van der Waals surface area (Å²) in [5, 5.41) is 2.90. The van der Waals surface area contributed by atoms with Gasteiger partial charge in [-0.05, 0) is 18.0 Å². The molecular weight excluding hydrogens is 304 g/mol. The number of hydrogen-bond acceptors (Lipinski definition) is 5. The van der Waals surface area contributed by atoms with Crippen LogP contribution in [0.15, 0.2) is 0 Å². The van der Waals surface area contributed by atoms with Crippen LogP contribution in [0.25, 0.3) is 0 Å². The Hall–Kier alpha value is -1.83. The van der Waals surface area contributed by atoms with Gasteiger partial charge < -0.3 is 15.4 Å². The van der Waals surface area contributed by atoms with Crippen LogP contribution in [0.1, 0.15) is 49.4 Å². The standard InChI is InChI=1S/C14H24N4O3S/c1-4-5-6-7-8-9-21-12-10(11(15)19)13(22-17-12)16-14(20)18(2)3/h4-9H2,1-3H3,(H2,15,19)(H,16,20). The normalized spacial score (nSPS) is 10.3. The third-order valence-corrected chi connectivity index (χ3v) is 3.77. The second kappa shape index (κ2) is 9.24. The minimum Gasteiger partial charge on any atom is -0.476 e. The van der Waals surface area contributed by atoms with Gasteiger partial charge in [-0.25, -0.2) is 4.79 Å². The fourth-order valence-corrected chi connectivity index (χ4v) is 2.49. The predicted octanol–water partition coefficient (Wildman–Crippen LogP) is 2.68. The molecule has 0 bridgehead atoms. The first-order chi connectivity index (χ1) is 10.5. The number of unbranched alkanes of at least 4 members (excludes halogenated alkanes) is 4. The fraction of sp³-hybridized carbons (Fsp3) is 0.643. The van der Waals surface area contributed by atoms with Crippen molar-refractivity contribution in [2.75, 3.05) is 26.0 Å². The van der Waals surface area contributed by atoms with Gasteiger partial charge in [-0.3, -0.25) is 10.1 Å². The summed E-state index contributed by atoms with van der Waals surface area (Å²) in [6.07, 6.45) is 5.55. The third-order valence-electron chi connectivity index (χ3n) is 3.02. The van der Waals surface area contributed by atoms with Crippen LogP contribution in [0.3, 0.4) is 0 Å². The topological polar surface area (TPSA) is 97.6 Å². The number of anilines is 1. The summed E-state index contributed by atoms with van der Waals surface area (Å²) in [5.74, 6) is -0.467. The number of carbonyl (C=O) groups is 2. The van der Waals surface area contributed by atoms with Gasteiger partial charge in [0.2, 0.25) is 5.88 Å². The Morgan fingerprint density at radius 3 is 2.55 bits per heavy atom. The number of nitrogens with one attached hydrogen (secondary N) is 1. The van der Waals surface area contributed by atoms with Gasteiger partial charge in [0.15, 0.2) is 0 Å². The summed E-state index contributed by atoms with van der Waals surface area (Å²) in [5.41, 5.74) is 5.50. The maximum absolute atomic E-state index is 11.7. The maximum atomic E-state index is 11.7. The summed E-state index contributed by atoms with van der Waals surface area (Å²) in [7, 11) is 3.21. The highest BCUT2D eigenvalue weighted by Gasteiger charge is 2.22. The van der Waals surface area contributed by atoms with Crippen molar-refractivity contribution in [1.29, 1.82) is 0 Å². The van der Waals surface area contributed by atoms with E-state index in [1.807, 2.05) is 0 Å².